The molecule has 0 aliphatic carbocycles. The molecule has 0 bridgehead atoms. The highest BCUT2D eigenvalue weighted by Crippen LogP contribution is 2.29. The van der Waals surface area contributed by atoms with Crippen molar-refractivity contribution in [2.75, 3.05) is 27.4 Å². The molecule has 0 fully saturated rings. The summed E-state index contributed by atoms with van der Waals surface area (Å²) in [6.45, 7) is 0.400. The van der Waals surface area contributed by atoms with E-state index in [4.69, 9.17) is 25.8 Å². The van der Waals surface area contributed by atoms with Crippen LogP contribution in [0.5, 0.6) is 11.5 Å². The molecule has 1 aromatic rings. The summed E-state index contributed by atoms with van der Waals surface area (Å²) in [5.74, 6) is 1.09. The number of hydrogen-bond acceptors (Lipinski definition) is 4. The molecular weight excluding hydrogens is 246 g/mol. The van der Waals surface area contributed by atoms with Gasteiger partial charge in [-0.05, 0) is 12.1 Å². The first-order valence-electron chi connectivity index (χ1n) is 4.98. The van der Waals surface area contributed by atoms with Crippen LogP contribution in [-0.2, 0) is 4.74 Å². The number of carbonyl (C=O) groups excluding carboxylic acids is 1. The van der Waals surface area contributed by atoms with Gasteiger partial charge >= 0.3 is 6.09 Å². The Labute approximate surface area is 105 Å². The molecule has 94 valence electrons. The summed E-state index contributed by atoms with van der Waals surface area (Å²) >= 11 is 5.80. The summed E-state index contributed by atoms with van der Waals surface area (Å²) in [5.41, 5.74) is 0. The zero-order chi connectivity index (χ0) is 12.7. The predicted molar refractivity (Wildman–Crippen MR) is 63.9 cm³/mol. The zero-order valence-electron chi connectivity index (χ0n) is 9.66. The van der Waals surface area contributed by atoms with Crippen molar-refractivity contribution < 1.29 is 19.0 Å². The first-order chi connectivity index (χ1) is 8.17. The van der Waals surface area contributed by atoms with Crippen molar-refractivity contribution in [2.45, 2.75) is 0 Å². The number of methoxy groups -OCH3 is 1. The molecule has 1 aromatic carbocycles. The third kappa shape index (κ3) is 4.40. The number of hydrogen-bond donors (Lipinski definition) is 1. The number of benzene rings is 1. The van der Waals surface area contributed by atoms with Crippen LogP contribution in [0.1, 0.15) is 0 Å². The van der Waals surface area contributed by atoms with Crippen LogP contribution in [0.25, 0.3) is 0 Å². The van der Waals surface area contributed by atoms with Gasteiger partial charge in [-0.1, -0.05) is 11.6 Å². The van der Waals surface area contributed by atoms with Gasteiger partial charge in [-0.3, -0.25) is 0 Å². The highest BCUT2D eigenvalue weighted by Gasteiger charge is 2.05. The van der Waals surface area contributed by atoms with E-state index in [2.05, 4.69) is 5.32 Å². The largest absolute Gasteiger partial charge is 0.493 e. The lowest BCUT2D eigenvalue weighted by Gasteiger charge is -2.10. The molecule has 0 radical (unpaired) electrons. The minimum Gasteiger partial charge on any atom is -0.493 e. The number of halogens is 1. The van der Waals surface area contributed by atoms with E-state index >= 15 is 0 Å². The van der Waals surface area contributed by atoms with Crippen LogP contribution in [0.2, 0.25) is 5.02 Å². The van der Waals surface area contributed by atoms with Gasteiger partial charge in [0.1, 0.15) is 13.2 Å². The van der Waals surface area contributed by atoms with Crippen molar-refractivity contribution in [1.82, 2.24) is 5.32 Å². The highest BCUT2D eigenvalue weighted by atomic mass is 35.5. The van der Waals surface area contributed by atoms with Crippen molar-refractivity contribution in [3.63, 3.8) is 0 Å². The van der Waals surface area contributed by atoms with Crippen LogP contribution < -0.4 is 14.8 Å². The number of nitrogens with one attached hydrogen (secondary N) is 1. The molecule has 6 heteroatoms. The lowest BCUT2D eigenvalue weighted by atomic mass is 10.3. The maximum absolute atomic E-state index is 10.8. The van der Waals surface area contributed by atoms with E-state index in [1.165, 1.54) is 14.2 Å². The standard InChI is InChI=1S/C11H14ClNO4/c1-13-11(14)17-6-5-16-9-4-3-8(12)7-10(9)15-2/h3-4,7H,5-6H2,1-2H3,(H,13,14). The molecule has 0 saturated heterocycles. The quantitative estimate of drug-likeness (QED) is 0.823. The first kappa shape index (κ1) is 13.4. The number of carbonyl (C=O) groups is 1. The van der Waals surface area contributed by atoms with Crippen LogP contribution in [0.4, 0.5) is 4.79 Å². The summed E-state index contributed by atoms with van der Waals surface area (Å²) < 4.78 is 15.3. The maximum atomic E-state index is 10.8. The van der Waals surface area contributed by atoms with Gasteiger partial charge in [-0.25, -0.2) is 4.79 Å². The summed E-state index contributed by atoms with van der Waals surface area (Å²) in [7, 11) is 3.02. The smallest absolute Gasteiger partial charge is 0.406 e. The minimum absolute atomic E-state index is 0.158. The molecule has 17 heavy (non-hydrogen) atoms. The summed E-state index contributed by atoms with van der Waals surface area (Å²) in [5, 5.41) is 2.90. The first-order valence-corrected chi connectivity index (χ1v) is 5.36. The second-order valence-electron chi connectivity index (χ2n) is 3.03. The molecule has 0 aromatic heterocycles. The summed E-state index contributed by atoms with van der Waals surface area (Å²) in [6, 6.07) is 5.04. The summed E-state index contributed by atoms with van der Waals surface area (Å²) in [4.78, 5) is 10.8. The van der Waals surface area contributed by atoms with Crippen molar-refractivity contribution in [3.05, 3.63) is 23.2 Å². The Morgan fingerprint density at radius 1 is 1.35 bits per heavy atom. The van der Waals surface area contributed by atoms with Crippen LogP contribution in [0, 0.1) is 0 Å². The Hall–Kier alpha value is -1.62. The SMILES string of the molecule is CNC(=O)OCCOc1ccc(Cl)cc1OC. The third-order valence-electron chi connectivity index (χ3n) is 1.90. The van der Waals surface area contributed by atoms with Gasteiger partial charge in [-0.15, -0.1) is 0 Å². The van der Waals surface area contributed by atoms with Gasteiger partial charge in [0.15, 0.2) is 11.5 Å². The van der Waals surface area contributed by atoms with Gasteiger partial charge in [0.2, 0.25) is 0 Å². The van der Waals surface area contributed by atoms with Gasteiger partial charge in [0.05, 0.1) is 7.11 Å². The lowest BCUT2D eigenvalue weighted by molar-refractivity contribution is 0.126. The van der Waals surface area contributed by atoms with Crippen molar-refractivity contribution >= 4 is 17.7 Å². The third-order valence-corrected chi connectivity index (χ3v) is 2.14. The fourth-order valence-electron chi connectivity index (χ4n) is 1.12. The fourth-order valence-corrected chi connectivity index (χ4v) is 1.28. The fraction of sp³-hybridized carbons (Fsp3) is 0.364. The zero-order valence-corrected chi connectivity index (χ0v) is 10.4. The van der Waals surface area contributed by atoms with Gasteiger partial charge in [0.25, 0.3) is 0 Å². The average molecular weight is 260 g/mol. The Morgan fingerprint density at radius 2 is 2.12 bits per heavy atom. The molecule has 0 aliphatic heterocycles. The van der Waals surface area contributed by atoms with E-state index in [0.717, 1.165) is 0 Å². The van der Waals surface area contributed by atoms with Crippen LogP contribution in [-0.4, -0.2) is 33.5 Å². The molecule has 0 saturated carbocycles. The van der Waals surface area contributed by atoms with Crippen molar-refractivity contribution in [3.8, 4) is 11.5 Å². The molecule has 0 aliphatic rings. The lowest BCUT2D eigenvalue weighted by Crippen LogP contribution is -2.21. The molecule has 0 unspecified atom stereocenters. The molecule has 0 atom stereocenters. The van der Waals surface area contributed by atoms with E-state index in [1.807, 2.05) is 0 Å². The van der Waals surface area contributed by atoms with Crippen LogP contribution in [0.15, 0.2) is 18.2 Å². The Kier molecular flexibility index (Phi) is 5.42. The topological polar surface area (TPSA) is 56.8 Å². The molecule has 0 spiro atoms. The maximum Gasteiger partial charge on any atom is 0.406 e. The van der Waals surface area contributed by atoms with E-state index < -0.39 is 6.09 Å². The van der Waals surface area contributed by atoms with Crippen molar-refractivity contribution in [2.24, 2.45) is 0 Å². The van der Waals surface area contributed by atoms with Gasteiger partial charge in [-0.2, -0.15) is 0 Å². The van der Waals surface area contributed by atoms with Crippen LogP contribution >= 0.6 is 11.6 Å². The second-order valence-corrected chi connectivity index (χ2v) is 3.47. The molecule has 1 rings (SSSR count). The number of rotatable bonds is 5. The monoisotopic (exact) mass is 259 g/mol. The number of amides is 1. The predicted octanol–water partition coefficient (Wildman–Crippen LogP) is 2.08. The normalized spacial score (nSPS) is 9.59. The Morgan fingerprint density at radius 3 is 2.76 bits per heavy atom. The Bertz CT molecular complexity index is 384. The van der Waals surface area contributed by atoms with E-state index in [-0.39, 0.29) is 13.2 Å². The van der Waals surface area contributed by atoms with E-state index in [0.29, 0.717) is 16.5 Å². The number of alkyl carbamates (subject to hydrolysis) is 1. The molecule has 1 N–H and O–H groups in total. The van der Waals surface area contributed by atoms with Gasteiger partial charge < -0.3 is 19.5 Å². The van der Waals surface area contributed by atoms with Crippen molar-refractivity contribution in [1.29, 1.82) is 0 Å². The summed E-state index contributed by atoms with van der Waals surface area (Å²) in [6.07, 6.45) is -0.489. The number of ether oxygens (including phenoxy) is 3. The second kappa shape index (κ2) is 6.85. The molecular formula is C11H14ClNO4. The molecule has 1 amide bonds. The van der Waals surface area contributed by atoms with Crippen LogP contribution in [0.3, 0.4) is 0 Å². The average Bonchev–Trinajstić information content (AvgIpc) is 2.35. The van der Waals surface area contributed by atoms with Gasteiger partial charge in [0, 0.05) is 18.1 Å². The minimum atomic E-state index is -0.489. The molecule has 0 heterocycles. The Balaban J connectivity index is 2.43. The van der Waals surface area contributed by atoms with E-state index in [9.17, 15) is 4.79 Å². The molecule has 5 nitrogen and oxygen atoms in total. The highest BCUT2D eigenvalue weighted by molar-refractivity contribution is 6.30. The van der Waals surface area contributed by atoms with E-state index in [1.54, 1.807) is 18.2 Å².